The minimum Gasteiger partial charge on any atom is -0.356 e. The standard InChI is InChI=1S/C13H13ClN2O/c14-12-4-2-1-3-11(12)13-9(8-16-17-13)7-15-10-5-6-10/h1-4,8,10,15H,5-7H2. The van der Waals surface area contributed by atoms with E-state index >= 15 is 0 Å². The van der Waals surface area contributed by atoms with Gasteiger partial charge in [0.15, 0.2) is 5.76 Å². The van der Waals surface area contributed by atoms with Crippen LogP contribution in [0.2, 0.25) is 5.02 Å². The lowest BCUT2D eigenvalue weighted by molar-refractivity contribution is 0.431. The monoisotopic (exact) mass is 248 g/mol. The Hall–Kier alpha value is -1.32. The van der Waals surface area contributed by atoms with E-state index in [9.17, 15) is 0 Å². The number of nitrogens with one attached hydrogen (secondary N) is 1. The van der Waals surface area contributed by atoms with Gasteiger partial charge >= 0.3 is 0 Å². The van der Waals surface area contributed by atoms with Crippen molar-refractivity contribution in [3.8, 4) is 11.3 Å². The molecule has 0 bridgehead atoms. The van der Waals surface area contributed by atoms with E-state index in [1.807, 2.05) is 24.3 Å². The van der Waals surface area contributed by atoms with Crippen LogP contribution in [-0.4, -0.2) is 11.2 Å². The number of rotatable bonds is 4. The largest absolute Gasteiger partial charge is 0.356 e. The van der Waals surface area contributed by atoms with E-state index in [-0.39, 0.29) is 0 Å². The molecule has 1 heterocycles. The van der Waals surface area contributed by atoms with Crippen molar-refractivity contribution >= 4 is 11.6 Å². The molecule has 2 aromatic rings. The van der Waals surface area contributed by atoms with E-state index in [1.165, 1.54) is 12.8 Å². The third-order valence-electron chi connectivity index (χ3n) is 2.92. The maximum Gasteiger partial charge on any atom is 0.172 e. The molecule has 0 spiro atoms. The molecule has 88 valence electrons. The maximum atomic E-state index is 6.15. The molecule has 1 aromatic carbocycles. The fourth-order valence-corrected chi connectivity index (χ4v) is 2.02. The van der Waals surface area contributed by atoms with Gasteiger partial charge in [-0.05, 0) is 25.0 Å². The van der Waals surface area contributed by atoms with Gasteiger partial charge < -0.3 is 9.84 Å². The first-order valence-electron chi connectivity index (χ1n) is 5.76. The van der Waals surface area contributed by atoms with Crippen molar-refractivity contribution in [3.63, 3.8) is 0 Å². The average Bonchev–Trinajstić information content (AvgIpc) is 3.06. The van der Waals surface area contributed by atoms with E-state index in [0.717, 1.165) is 23.4 Å². The molecule has 3 rings (SSSR count). The molecule has 3 nitrogen and oxygen atoms in total. The summed E-state index contributed by atoms with van der Waals surface area (Å²) in [6.45, 7) is 0.786. The minimum absolute atomic E-state index is 0.670. The first kappa shape index (κ1) is 10.8. The summed E-state index contributed by atoms with van der Waals surface area (Å²) in [6, 6.07) is 8.33. The molecule has 4 heteroatoms. The van der Waals surface area contributed by atoms with Crippen LogP contribution in [0.1, 0.15) is 18.4 Å². The van der Waals surface area contributed by atoms with Crippen molar-refractivity contribution in [3.05, 3.63) is 41.0 Å². The lowest BCUT2D eigenvalue weighted by Crippen LogP contribution is -2.15. The molecule has 1 saturated carbocycles. The van der Waals surface area contributed by atoms with Gasteiger partial charge in [-0.15, -0.1) is 0 Å². The molecule has 1 aliphatic rings. The number of benzene rings is 1. The molecule has 0 atom stereocenters. The van der Waals surface area contributed by atoms with Gasteiger partial charge in [0.2, 0.25) is 0 Å². The molecule has 1 aliphatic carbocycles. The molecule has 0 aliphatic heterocycles. The van der Waals surface area contributed by atoms with Gasteiger partial charge in [0.05, 0.1) is 11.2 Å². The molecule has 1 fully saturated rings. The number of aromatic nitrogens is 1. The predicted octanol–water partition coefficient (Wildman–Crippen LogP) is 3.25. The molecule has 0 unspecified atom stereocenters. The van der Waals surface area contributed by atoms with Crippen molar-refractivity contribution < 1.29 is 4.52 Å². The Balaban J connectivity index is 1.86. The molecule has 0 amide bonds. The zero-order valence-corrected chi connectivity index (χ0v) is 10.1. The van der Waals surface area contributed by atoms with Crippen LogP contribution in [0.4, 0.5) is 0 Å². The number of hydrogen-bond acceptors (Lipinski definition) is 3. The Bertz CT molecular complexity index is 520. The van der Waals surface area contributed by atoms with Gasteiger partial charge in [-0.1, -0.05) is 28.9 Å². The van der Waals surface area contributed by atoms with Crippen LogP contribution >= 0.6 is 11.6 Å². The summed E-state index contributed by atoms with van der Waals surface area (Å²) in [5.41, 5.74) is 1.96. The summed E-state index contributed by atoms with van der Waals surface area (Å²) in [7, 11) is 0. The highest BCUT2D eigenvalue weighted by Gasteiger charge is 2.21. The Morgan fingerprint density at radius 2 is 2.18 bits per heavy atom. The Kier molecular flexibility index (Phi) is 2.87. The van der Waals surface area contributed by atoms with Crippen LogP contribution in [-0.2, 0) is 6.54 Å². The normalized spacial score (nSPS) is 15.1. The molecule has 1 aromatic heterocycles. The van der Waals surface area contributed by atoms with Crippen LogP contribution in [0.15, 0.2) is 35.0 Å². The SMILES string of the molecule is Clc1ccccc1-c1oncc1CNC1CC1. The number of halogens is 1. The van der Waals surface area contributed by atoms with Gasteiger partial charge in [0.1, 0.15) is 0 Å². The smallest absolute Gasteiger partial charge is 0.172 e. The van der Waals surface area contributed by atoms with Crippen molar-refractivity contribution in [1.82, 2.24) is 10.5 Å². The maximum absolute atomic E-state index is 6.15. The van der Waals surface area contributed by atoms with E-state index in [4.69, 9.17) is 16.1 Å². The van der Waals surface area contributed by atoms with Gasteiger partial charge in [0.25, 0.3) is 0 Å². The van der Waals surface area contributed by atoms with Gasteiger partial charge in [-0.3, -0.25) is 0 Å². The number of nitrogens with zero attached hydrogens (tertiary/aromatic N) is 1. The van der Waals surface area contributed by atoms with E-state index in [0.29, 0.717) is 11.1 Å². The van der Waals surface area contributed by atoms with Gasteiger partial charge in [-0.2, -0.15) is 0 Å². The van der Waals surface area contributed by atoms with Crippen LogP contribution in [0.3, 0.4) is 0 Å². The second-order valence-corrected chi connectivity index (χ2v) is 4.72. The summed E-state index contributed by atoms with van der Waals surface area (Å²) in [5.74, 6) is 0.767. The van der Waals surface area contributed by atoms with Crippen LogP contribution in [0.5, 0.6) is 0 Å². The van der Waals surface area contributed by atoms with Crippen molar-refractivity contribution in [1.29, 1.82) is 0 Å². The van der Waals surface area contributed by atoms with Crippen LogP contribution in [0.25, 0.3) is 11.3 Å². The first-order chi connectivity index (χ1) is 8.34. The summed E-state index contributed by atoms with van der Waals surface area (Å²) < 4.78 is 5.31. The first-order valence-corrected chi connectivity index (χ1v) is 6.14. The average molecular weight is 249 g/mol. The van der Waals surface area contributed by atoms with Gasteiger partial charge in [0, 0.05) is 23.7 Å². The highest BCUT2D eigenvalue weighted by molar-refractivity contribution is 6.33. The minimum atomic E-state index is 0.670. The predicted molar refractivity (Wildman–Crippen MR) is 66.8 cm³/mol. The highest BCUT2D eigenvalue weighted by Crippen LogP contribution is 2.30. The summed E-state index contributed by atoms with van der Waals surface area (Å²) in [4.78, 5) is 0. The second kappa shape index (κ2) is 4.51. The Morgan fingerprint density at radius 3 is 2.94 bits per heavy atom. The zero-order valence-electron chi connectivity index (χ0n) is 9.32. The van der Waals surface area contributed by atoms with E-state index in [2.05, 4.69) is 10.5 Å². The second-order valence-electron chi connectivity index (χ2n) is 4.32. The molecular formula is C13H13ClN2O. The fraction of sp³-hybridized carbons (Fsp3) is 0.308. The van der Waals surface area contributed by atoms with Gasteiger partial charge in [-0.25, -0.2) is 0 Å². The summed E-state index contributed by atoms with van der Waals surface area (Å²) >= 11 is 6.15. The quantitative estimate of drug-likeness (QED) is 0.903. The zero-order chi connectivity index (χ0) is 11.7. The van der Waals surface area contributed by atoms with Crippen molar-refractivity contribution in [2.75, 3.05) is 0 Å². The third-order valence-corrected chi connectivity index (χ3v) is 3.25. The Labute approximate surface area is 105 Å². The van der Waals surface area contributed by atoms with Crippen LogP contribution in [0, 0.1) is 0 Å². The third kappa shape index (κ3) is 2.35. The summed E-state index contributed by atoms with van der Waals surface area (Å²) in [6.07, 6.45) is 4.30. The van der Waals surface area contributed by atoms with Crippen molar-refractivity contribution in [2.24, 2.45) is 0 Å². The topological polar surface area (TPSA) is 38.1 Å². The van der Waals surface area contributed by atoms with Crippen LogP contribution < -0.4 is 5.32 Å². The fourth-order valence-electron chi connectivity index (χ4n) is 1.80. The lowest BCUT2D eigenvalue weighted by atomic mass is 10.1. The molecule has 0 saturated heterocycles. The lowest BCUT2D eigenvalue weighted by Gasteiger charge is -2.04. The Morgan fingerprint density at radius 1 is 1.35 bits per heavy atom. The number of hydrogen-bond donors (Lipinski definition) is 1. The highest BCUT2D eigenvalue weighted by atomic mass is 35.5. The molecule has 1 N–H and O–H groups in total. The summed E-state index contributed by atoms with van der Waals surface area (Å²) in [5, 5.41) is 8.00. The van der Waals surface area contributed by atoms with E-state index in [1.54, 1.807) is 6.20 Å². The molecular weight excluding hydrogens is 236 g/mol. The van der Waals surface area contributed by atoms with E-state index < -0.39 is 0 Å². The van der Waals surface area contributed by atoms with Crippen molar-refractivity contribution in [2.45, 2.75) is 25.4 Å². The molecule has 0 radical (unpaired) electrons. The molecule has 17 heavy (non-hydrogen) atoms.